The number of hydrogen-bond acceptors (Lipinski definition) is 8. The van der Waals surface area contributed by atoms with E-state index in [1.165, 1.54) is 6.26 Å². The minimum absolute atomic E-state index is 0.0783. The Balaban J connectivity index is 1.15. The van der Waals surface area contributed by atoms with Gasteiger partial charge in [-0.3, -0.25) is 4.79 Å². The van der Waals surface area contributed by atoms with Crippen LogP contribution in [0.2, 0.25) is 0 Å². The van der Waals surface area contributed by atoms with Crippen molar-refractivity contribution in [2.24, 2.45) is 5.92 Å². The van der Waals surface area contributed by atoms with Gasteiger partial charge in [0.25, 0.3) is 0 Å². The lowest BCUT2D eigenvalue weighted by molar-refractivity contribution is -0.126. The highest BCUT2D eigenvalue weighted by Crippen LogP contribution is 2.30. The van der Waals surface area contributed by atoms with Crippen LogP contribution in [-0.2, 0) is 14.6 Å². The van der Waals surface area contributed by atoms with Crippen molar-refractivity contribution < 1.29 is 17.9 Å². The van der Waals surface area contributed by atoms with Gasteiger partial charge in [0.05, 0.1) is 17.9 Å². The molecular weight excluding hydrogens is 540 g/mol. The Morgan fingerprint density at radius 1 is 1.10 bits per heavy atom. The number of sulfone groups is 1. The molecule has 0 spiro atoms. The zero-order valence-electron chi connectivity index (χ0n) is 24.1. The quantitative estimate of drug-likeness (QED) is 0.310. The normalized spacial score (nSPS) is 21.7. The first-order valence-electron chi connectivity index (χ1n) is 14.8. The topological polar surface area (TPSA) is 118 Å². The molecule has 10 nitrogen and oxygen atoms in total. The maximum atomic E-state index is 12.9. The molecule has 1 atom stereocenters. The Morgan fingerprint density at radius 2 is 1.93 bits per heavy atom. The summed E-state index contributed by atoms with van der Waals surface area (Å²) in [6.07, 6.45) is 11.1. The standard InChI is InChI=1S/C30H42N6O4S/c1-3-16-35-17-13-24(21-35)32-29(37)22-8-10-23(11-9-22)33-30-31-15-12-28(34-30)36-18-14-25-26(36)6-4-7-27(25)40-19-5-20-41(2,38)39/h4,6-7,12,14-15,18,22-24H,3,5,8-11,13,16-17,19-21H2,1-2H3,(H,32,37)(H,31,33,34)/t22-,23-,24-/m1/s1. The summed E-state index contributed by atoms with van der Waals surface area (Å²) < 4.78 is 30.7. The predicted molar refractivity (Wildman–Crippen MR) is 161 cm³/mol. The number of fused-ring (bicyclic) bond motifs is 1. The molecule has 0 radical (unpaired) electrons. The number of hydrogen-bond donors (Lipinski definition) is 2. The van der Waals surface area contributed by atoms with E-state index in [1.807, 2.05) is 41.1 Å². The fourth-order valence-corrected chi connectivity index (χ4v) is 6.63. The molecule has 41 heavy (non-hydrogen) atoms. The van der Waals surface area contributed by atoms with Crippen LogP contribution in [-0.4, -0.2) is 84.1 Å². The van der Waals surface area contributed by atoms with E-state index < -0.39 is 9.84 Å². The fourth-order valence-electron chi connectivity index (χ4n) is 5.99. The second-order valence-corrected chi connectivity index (χ2v) is 13.7. The zero-order valence-corrected chi connectivity index (χ0v) is 24.9. The second-order valence-electron chi connectivity index (χ2n) is 11.4. The summed E-state index contributed by atoms with van der Waals surface area (Å²) in [5.41, 5.74) is 0.946. The van der Waals surface area contributed by atoms with Crippen LogP contribution >= 0.6 is 0 Å². The number of nitrogens with one attached hydrogen (secondary N) is 2. The molecule has 222 valence electrons. The van der Waals surface area contributed by atoms with Gasteiger partial charge < -0.3 is 24.8 Å². The summed E-state index contributed by atoms with van der Waals surface area (Å²) in [5.74, 6) is 2.43. The Labute approximate surface area is 242 Å². The van der Waals surface area contributed by atoms with Crippen molar-refractivity contribution in [1.29, 1.82) is 0 Å². The molecule has 1 saturated carbocycles. The lowest BCUT2D eigenvalue weighted by Crippen LogP contribution is -2.42. The third-order valence-electron chi connectivity index (χ3n) is 8.09. The number of carbonyl (C=O) groups excluding carboxylic acids is 1. The SMILES string of the molecule is CCCN1CC[C@@H](NC(=O)[C@H]2CC[C@H](Nc3nccc(-n4ccc5c(OCCCS(C)(=O)=O)cccc54)n3)CC2)C1. The van der Waals surface area contributed by atoms with E-state index in [4.69, 9.17) is 9.72 Å². The van der Waals surface area contributed by atoms with Gasteiger partial charge >= 0.3 is 0 Å². The van der Waals surface area contributed by atoms with Gasteiger partial charge in [-0.2, -0.15) is 4.98 Å². The van der Waals surface area contributed by atoms with Gasteiger partial charge in [0.1, 0.15) is 21.4 Å². The monoisotopic (exact) mass is 582 g/mol. The molecular formula is C30H42N6O4S. The van der Waals surface area contributed by atoms with Crippen LogP contribution in [0.4, 0.5) is 5.95 Å². The third-order valence-corrected chi connectivity index (χ3v) is 9.12. The van der Waals surface area contributed by atoms with Gasteiger partial charge in [-0.05, 0) is 75.8 Å². The van der Waals surface area contributed by atoms with Gasteiger partial charge in [-0.1, -0.05) is 13.0 Å². The third kappa shape index (κ3) is 7.77. The van der Waals surface area contributed by atoms with E-state index in [0.29, 0.717) is 24.7 Å². The maximum Gasteiger partial charge on any atom is 0.224 e. The van der Waals surface area contributed by atoms with Gasteiger partial charge in [-0.25, -0.2) is 13.4 Å². The molecule has 3 heterocycles. The molecule has 0 unspecified atom stereocenters. The van der Waals surface area contributed by atoms with Gasteiger partial charge in [0.15, 0.2) is 0 Å². The van der Waals surface area contributed by atoms with Crippen LogP contribution in [0.1, 0.15) is 51.9 Å². The maximum absolute atomic E-state index is 12.9. The minimum Gasteiger partial charge on any atom is -0.493 e. The summed E-state index contributed by atoms with van der Waals surface area (Å²) in [6.45, 7) is 5.69. The lowest BCUT2D eigenvalue weighted by atomic mass is 9.85. The average Bonchev–Trinajstić information content (AvgIpc) is 3.59. The summed E-state index contributed by atoms with van der Waals surface area (Å²) in [7, 11) is -3.01. The number of aromatic nitrogens is 3. The van der Waals surface area contributed by atoms with Crippen molar-refractivity contribution in [1.82, 2.24) is 24.8 Å². The number of nitrogens with zero attached hydrogens (tertiary/aromatic N) is 4. The molecule has 1 amide bonds. The van der Waals surface area contributed by atoms with Crippen molar-refractivity contribution in [3.63, 3.8) is 0 Å². The largest absolute Gasteiger partial charge is 0.493 e. The van der Waals surface area contributed by atoms with Gasteiger partial charge in [0.2, 0.25) is 11.9 Å². The number of anilines is 1. The van der Waals surface area contributed by atoms with Crippen LogP contribution in [0, 0.1) is 5.92 Å². The first-order valence-corrected chi connectivity index (χ1v) is 16.9. The molecule has 1 aromatic carbocycles. The van der Waals surface area contributed by atoms with E-state index >= 15 is 0 Å². The van der Waals surface area contributed by atoms with E-state index in [1.54, 1.807) is 6.20 Å². The summed E-state index contributed by atoms with van der Waals surface area (Å²) >= 11 is 0. The summed E-state index contributed by atoms with van der Waals surface area (Å²) in [4.78, 5) is 24.6. The first kappa shape index (κ1) is 29.3. The highest BCUT2D eigenvalue weighted by atomic mass is 32.2. The molecule has 2 aliphatic rings. The molecule has 2 N–H and O–H groups in total. The van der Waals surface area contributed by atoms with E-state index in [2.05, 4.69) is 27.4 Å². The Morgan fingerprint density at radius 3 is 2.71 bits per heavy atom. The lowest BCUT2D eigenvalue weighted by Gasteiger charge is -2.29. The fraction of sp³-hybridized carbons (Fsp3) is 0.567. The van der Waals surface area contributed by atoms with Crippen molar-refractivity contribution >= 4 is 32.6 Å². The minimum atomic E-state index is -3.01. The highest BCUT2D eigenvalue weighted by molar-refractivity contribution is 7.90. The molecule has 3 aromatic rings. The molecule has 1 aliphatic heterocycles. The number of benzene rings is 1. The van der Waals surface area contributed by atoms with E-state index in [9.17, 15) is 13.2 Å². The molecule has 0 bridgehead atoms. The number of rotatable bonds is 12. The van der Waals surface area contributed by atoms with Crippen LogP contribution in [0.5, 0.6) is 5.75 Å². The molecule has 1 aliphatic carbocycles. The first-order chi connectivity index (χ1) is 19.8. The molecule has 2 aromatic heterocycles. The van der Waals surface area contributed by atoms with Gasteiger partial charge in [0, 0.05) is 55.1 Å². The Hall–Kier alpha value is -3.18. The van der Waals surface area contributed by atoms with Crippen molar-refractivity contribution in [3.05, 3.63) is 42.7 Å². The highest BCUT2D eigenvalue weighted by Gasteiger charge is 2.30. The van der Waals surface area contributed by atoms with Crippen LogP contribution in [0.15, 0.2) is 42.7 Å². The van der Waals surface area contributed by atoms with Crippen LogP contribution in [0.25, 0.3) is 16.7 Å². The molecule has 2 fully saturated rings. The number of amides is 1. The van der Waals surface area contributed by atoms with Crippen molar-refractivity contribution in [2.75, 3.05) is 43.6 Å². The average molecular weight is 583 g/mol. The number of likely N-dealkylation sites (tertiary alicyclic amines) is 1. The van der Waals surface area contributed by atoms with Crippen molar-refractivity contribution in [2.45, 2.75) is 64.0 Å². The molecule has 1 saturated heterocycles. The molecule has 5 rings (SSSR count). The zero-order chi connectivity index (χ0) is 28.8. The van der Waals surface area contributed by atoms with Gasteiger partial charge in [-0.15, -0.1) is 0 Å². The van der Waals surface area contributed by atoms with Crippen molar-refractivity contribution in [3.8, 4) is 11.6 Å². The number of ether oxygens (including phenoxy) is 1. The summed E-state index contributed by atoms with van der Waals surface area (Å²) in [5, 5.41) is 7.73. The predicted octanol–water partition coefficient (Wildman–Crippen LogP) is 3.81. The van der Waals surface area contributed by atoms with Crippen LogP contribution in [0.3, 0.4) is 0 Å². The molecule has 11 heteroatoms. The Bertz CT molecular complexity index is 1430. The number of carbonyl (C=O) groups is 1. The smallest absolute Gasteiger partial charge is 0.224 e. The Kier molecular flexibility index (Phi) is 9.44. The van der Waals surface area contributed by atoms with E-state index in [-0.39, 0.29) is 29.7 Å². The van der Waals surface area contributed by atoms with E-state index in [0.717, 1.165) is 74.9 Å². The van der Waals surface area contributed by atoms with Crippen LogP contribution < -0.4 is 15.4 Å². The summed E-state index contributed by atoms with van der Waals surface area (Å²) in [6, 6.07) is 10.2. The second kappa shape index (κ2) is 13.2.